The van der Waals surface area contributed by atoms with Crippen molar-refractivity contribution < 1.29 is 9.90 Å². The van der Waals surface area contributed by atoms with Crippen LogP contribution < -0.4 is 0 Å². The summed E-state index contributed by atoms with van der Waals surface area (Å²) < 4.78 is 0. The topological polar surface area (TPSA) is 37.3 Å². The number of hydrogen-bond acceptors (Lipinski definition) is 1. The molecule has 1 N–H and O–H groups in total. The first-order valence-electron chi connectivity index (χ1n) is 3.71. The standard InChI is InChI=1S/C9H14O2/c1-3-8(4-2)6-5-7-9(10)11/h3,5-6,8H,1,4,7H2,2H3,(H,10,11)/b6-5+. The van der Waals surface area contributed by atoms with Crippen molar-refractivity contribution >= 4 is 5.97 Å². The molecule has 2 heteroatoms. The van der Waals surface area contributed by atoms with Crippen LogP contribution in [0.25, 0.3) is 0 Å². The van der Waals surface area contributed by atoms with Gasteiger partial charge in [0, 0.05) is 0 Å². The van der Waals surface area contributed by atoms with E-state index < -0.39 is 5.97 Å². The molecule has 0 aromatic rings. The van der Waals surface area contributed by atoms with Gasteiger partial charge in [0.1, 0.15) is 0 Å². The highest BCUT2D eigenvalue weighted by atomic mass is 16.4. The number of carboxylic acid groups (broad SMARTS) is 1. The van der Waals surface area contributed by atoms with Crippen molar-refractivity contribution in [3.05, 3.63) is 24.8 Å². The highest BCUT2D eigenvalue weighted by Gasteiger charge is 1.94. The van der Waals surface area contributed by atoms with Crippen molar-refractivity contribution in [3.8, 4) is 0 Å². The van der Waals surface area contributed by atoms with E-state index in [1.54, 1.807) is 6.08 Å². The predicted octanol–water partition coefficient (Wildman–Crippen LogP) is 2.23. The van der Waals surface area contributed by atoms with E-state index in [9.17, 15) is 4.79 Å². The maximum atomic E-state index is 10.1. The van der Waals surface area contributed by atoms with Gasteiger partial charge in [-0.05, 0) is 12.3 Å². The van der Waals surface area contributed by atoms with E-state index in [2.05, 4.69) is 6.58 Å². The molecule has 0 aromatic carbocycles. The van der Waals surface area contributed by atoms with Gasteiger partial charge in [-0.1, -0.05) is 25.2 Å². The van der Waals surface area contributed by atoms with Gasteiger partial charge in [-0.25, -0.2) is 0 Å². The highest BCUT2D eigenvalue weighted by molar-refractivity contribution is 5.68. The largest absolute Gasteiger partial charge is 0.481 e. The summed E-state index contributed by atoms with van der Waals surface area (Å²) in [5.41, 5.74) is 0. The quantitative estimate of drug-likeness (QED) is 0.616. The van der Waals surface area contributed by atoms with Crippen molar-refractivity contribution in [1.82, 2.24) is 0 Å². The predicted molar refractivity (Wildman–Crippen MR) is 45.4 cm³/mol. The van der Waals surface area contributed by atoms with Gasteiger partial charge in [0.05, 0.1) is 6.42 Å². The molecule has 0 amide bonds. The Bertz CT molecular complexity index is 159. The molecule has 0 aliphatic carbocycles. The Morgan fingerprint density at radius 3 is 2.73 bits per heavy atom. The Hall–Kier alpha value is -1.05. The summed E-state index contributed by atoms with van der Waals surface area (Å²) in [6.07, 6.45) is 6.43. The van der Waals surface area contributed by atoms with Crippen LogP contribution in [0.2, 0.25) is 0 Å². The lowest BCUT2D eigenvalue weighted by Crippen LogP contribution is -1.92. The number of aliphatic carboxylic acids is 1. The first-order chi connectivity index (χ1) is 5.20. The first-order valence-corrected chi connectivity index (χ1v) is 3.71. The molecule has 0 heterocycles. The van der Waals surface area contributed by atoms with Gasteiger partial charge in [-0.3, -0.25) is 4.79 Å². The number of carbonyl (C=O) groups is 1. The van der Waals surface area contributed by atoms with Crippen LogP contribution in [0.1, 0.15) is 19.8 Å². The molecule has 0 bridgehead atoms. The minimum Gasteiger partial charge on any atom is -0.481 e. The fourth-order valence-corrected chi connectivity index (χ4v) is 0.725. The minimum atomic E-state index is -0.792. The summed E-state index contributed by atoms with van der Waals surface area (Å²) in [6, 6.07) is 0. The third-order valence-electron chi connectivity index (χ3n) is 1.45. The normalized spacial score (nSPS) is 13.2. The maximum absolute atomic E-state index is 10.1. The smallest absolute Gasteiger partial charge is 0.307 e. The SMILES string of the molecule is C=CC(/C=C/CC(=O)O)CC. The monoisotopic (exact) mass is 154 g/mol. The van der Waals surface area contributed by atoms with Gasteiger partial charge in [0.25, 0.3) is 0 Å². The Labute approximate surface area is 67.2 Å². The highest BCUT2D eigenvalue weighted by Crippen LogP contribution is 2.05. The van der Waals surface area contributed by atoms with Gasteiger partial charge in [0.2, 0.25) is 0 Å². The number of rotatable bonds is 5. The van der Waals surface area contributed by atoms with E-state index in [1.807, 2.05) is 19.1 Å². The van der Waals surface area contributed by atoms with Crippen LogP contribution in [0.3, 0.4) is 0 Å². The lowest BCUT2D eigenvalue weighted by Gasteiger charge is -1.99. The molecule has 0 radical (unpaired) electrons. The molecule has 1 atom stereocenters. The maximum Gasteiger partial charge on any atom is 0.307 e. The summed E-state index contributed by atoms with van der Waals surface area (Å²) in [7, 11) is 0. The average Bonchev–Trinajstić information content (AvgIpc) is 1.98. The van der Waals surface area contributed by atoms with Crippen molar-refractivity contribution in [3.63, 3.8) is 0 Å². The van der Waals surface area contributed by atoms with Crippen LogP contribution in [0.5, 0.6) is 0 Å². The summed E-state index contributed by atoms with van der Waals surface area (Å²) in [4.78, 5) is 10.1. The first kappa shape index (κ1) is 9.95. The Balaban J connectivity index is 3.70. The van der Waals surface area contributed by atoms with Crippen LogP contribution in [0.15, 0.2) is 24.8 Å². The molecule has 0 saturated heterocycles. The molecule has 62 valence electrons. The van der Waals surface area contributed by atoms with E-state index in [4.69, 9.17) is 5.11 Å². The number of allylic oxidation sites excluding steroid dienone is 2. The van der Waals surface area contributed by atoms with Crippen molar-refractivity contribution in [1.29, 1.82) is 0 Å². The molecular weight excluding hydrogens is 140 g/mol. The second-order valence-electron chi connectivity index (χ2n) is 2.33. The van der Waals surface area contributed by atoms with Crippen molar-refractivity contribution in [2.75, 3.05) is 0 Å². The zero-order valence-corrected chi connectivity index (χ0v) is 6.79. The molecule has 0 aromatic heterocycles. The molecule has 11 heavy (non-hydrogen) atoms. The van der Waals surface area contributed by atoms with Gasteiger partial charge < -0.3 is 5.11 Å². The van der Waals surface area contributed by atoms with Gasteiger partial charge in [-0.2, -0.15) is 0 Å². The van der Waals surface area contributed by atoms with E-state index in [-0.39, 0.29) is 6.42 Å². The summed E-state index contributed by atoms with van der Waals surface area (Å²) in [5, 5.41) is 8.29. The molecule has 0 aliphatic heterocycles. The third kappa shape index (κ3) is 5.40. The lowest BCUT2D eigenvalue weighted by molar-refractivity contribution is -0.136. The minimum absolute atomic E-state index is 0.102. The van der Waals surface area contributed by atoms with E-state index in [0.717, 1.165) is 6.42 Å². The Kier molecular flexibility index (Phi) is 5.17. The zero-order chi connectivity index (χ0) is 8.69. The third-order valence-corrected chi connectivity index (χ3v) is 1.45. The van der Waals surface area contributed by atoms with Gasteiger partial charge in [0.15, 0.2) is 0 Å². The van der Waals surface area contributed by atoms with Crippen LogP contribution >= 0.6 is 0 Å². The summed E-state index contributed by atoms with van der Waals surface area (Å²) in [6.45, 7) is 5.67. The molecule has 0 aliphatic rings. The van der Waals surface area contributed by atoms with E-state index >= 15 is 0 Å². The molecule has 0 spiro atoms. The fourth-order valence-electron chi connectivity index (χ4n) is 0.725. The van der Waals surface area contributed by atoms with Crippen molar-refractivity contribution in [2.45, 2.75) is 19.8 Å². The molecular formula is C9H14O2. The van der Waals surface area contributed by atoms with Crippen LogP contribution in [-0.4, -0.2) is 11.1 Å². The van der Waals surface area contributed by atoms with E-state index in [0.29, 0.717) is 5.92 Å². The summed E-state index contributed by atoms with van der Waals surface area (Å²) >= 11 is 0. The van der Waals surface area contributed by atoms with Crippen LogP contribution in [-0.2, 0) is 4.79 Å². The second kappa shape index (κ2) is 5.71. The second-order valence-corrected chi connectivity index (χ2v) is 2.33. The van der Waals surface area contributed by atoms with E-state index in [1.165, 1.54) is 0 Å². The molecule has 0 rings (SSSR count). The lowest BCUT2D eigenvalue weighted by atomic mass is 10.1. The molecule has 0 fully saturated rings. The van der Waals surface area contributed by atoms with Crippen LogP contribution in [0.4, 0.5) is 0 Å². The molecule has 2 nitrogen and oxygen atoms in total. The average molecular weight is 154 g/mol. The molecule has 0 saturated carbocycles. The van der Waals surface area contributed by atoms with Crippen molar-refractivity contribution in [2.24, 2.45) is 5.92 Å². The van der Waals surface area contributed by atoms with Gasteiger partial charge >= 0.3 is 5.97 Å². The molecule has 1 unspecified atom stereocenters. The van der Waals surface area contributed by atoms with Crippen LogP contribution in [0, 0.1) is 5.92 Å². The zero-order valence-electron chi connectivity index (χ0n) is 6.79. The fraction of sp³-hybridized carbons (Fsp3) is 0.444. The Morgan fingerprint density at radius 2 is 2.36 bits per heavy atom. The number of carboxylic acids is 1. The summed E-state index contributed by atoms with van der Waals surface area (Å²) in [5.74, 6) is -0.477. The number of hydrogen-bond donors (Lipinski definition) is 1. The van der Waals surface area contributed by atoms with Gasteiger partial charge in [-0.15, -0.1) is 6.58 Å². The Morgan fingerprint density at radius 1 is 1.73 bits per heavy atom.